The zero-order valence-electron chi connectivity index (χ0n) is 15.4. The quantitative estimate of drug-likeness (QED) is 0.483. The normalized spacial score (nSPS) is 10.5. The van der Waals surface area contributed by atoms with Crippen molar-refractivity contribution in [1.29, 1.82) is 0 Å². The van der Waals surface area contributed by atoms with Gasteiger partial charge in [-0.15, -0.1) is 0 Å². The van der Waals surface area contributed by atoms with E-state index in [0.717, 1.165) is 22.2 Å². The number of thiazole rings is 1. The van der Waals surface area contributed by atoms with Gasteiger partial charge >= 0.3 is 5.97 Å². The van der Waals surface area contributed by atoms with Crippen LogP contribution in [0.3, 0.4) is 0 Å². The van der Waals surface area contributed by atoms with Gasteiger partial charge in [-0.2, -0.15) is 0 Å². The zero-order valence-corrected chi connectivity index (χ0v) is 17.1. The van der Waals surface area contributed by atoms with Crippen molar-refractivity contribution in [1.82, 2.24) is 10.3 Å². The number of nitrogens with one attached hydrogen (secondary N) is 2. The highest BCUT2D eigenvalue weighted by Gasteiger charge is 2.12. The Morgan fingerprint density at radius 1 is 1.11 bits per heavy atom. The molecule has 3 rings (SSSR count). The number of fused-ring (bicyclic) bond motifs is 1. The predicted molar refractivity (Wildman–Crippen MR) is 115 cm³/mol. The van der Waals surface area contributed by atoms with Crippen molar-refractivity contribution in [2.75, 3.05) is 11.9 Å². The van der Waals surface area contributed by atoms with E-state index >= 15 is 0 Å². The summed E-state index contributed by atoms with van der Waals surface area (Å²) in [5.74, 6) is -0.657. The van der Waals surface area contributed by atoms with Gasteiger partial charge in [-0.05, 0) is 61.5 Å². The van der Waals surface area contributed by atoms with Gasteiger partial charge in [0.05, 0.1) is 22.4 Å². The van der Waals surface area contributed by atoms with Crippen LogP contribution in [0.4, 0.5) is 5.13 Å². The maximum atomic E-state index is 12.3. The van der Waals surface area contributed by atoms with Gasteiger partial charge in [-0.3, -0.25) is 10.1 Å². The van der Waals surface area contributed by atoms with Crippen molar-refractivity contribution in [2.45, 2.75) is 20.3 Å². The second kappa shape index (κ2) is 8.90. The third-order valence-corrected chi connectivity index (χ3v) is 5.11. The molecule has 0 atom stereocenters. The Morgan fingerprint density at radius 3 is 2.50 bits per heavy atom. The number of nitrogens with zero attached hydrogens (tertiary/aromatic N) is 1. The van der Waals surface area contributed by atoms with E-state index in [9.17, 15) is 9.59 Å². The molecule has 0 spiro atoms. The van der Waals surface area contributed by atoms with Gasteiger partial charge in [-0.25, -0.2) is 9.78 Å². The Morgan fingerprint density at radius 2 is 1.82 bits per heavy atom. The van der Waals surface area contributed by atoms with Crippen molar-refractivity contribution >= 4 is 55.9 Å². The minimum Gasteiger partial charge on any atom is -0.462 e. The molecular formula is C20H19N3O3S2. The third kappa shape index (κ3) is 4.71. The molecule has 3 aromatic rings. The molecular weight excluding hydrogens is 394 g/mol. The molecule has 2 N–H and O–H groups in total. The first kappa shape index (κ1) is 19.9. The summed E-state index contributed by atoms with van der Waals surface area (Å²) in [6.45, 7) is 4.14. The lowest BCUT2D eigenvalue weighted by molar-refractivity contribution is 0.0526. The molecule has 0 aliphatic carbocycles. The number of aromatic nitrogens is 1. The molecule has 0 unspecified atom stereocenters. The number of hydrogen-bond donors (Lipinski definition) is 2. The number of esters is 1. The van der Waals surface area contributed by atoms with Gasteiger partial charge in [0.25, 0.3) is 5.91 Å². The van der Waals surface area contributed by atoms with Crippen molar-refractivity contribution < 1.29 is 14.3 Å². The first-order valence-electron chi connectivity index (χ1n) is 8.79. The summed E-state index contributed by atoms with van der Waals surface area (Å²) < 4.78 is 5.83. The molecule has 8 heteroatoms. The Labute approximate surface area is 171 Å². The van der Waals surface area contributed by atoms with Crippen LogP contribution in [0.5, 0.6) is 0 Å². The Bertz CT molecular complexity index is 1030. The van der Waals surface area contributed by atoms with E-state index < -0.39 is 0 Å². The standard InChI is InChI=1S/C20H19N3O3S2/c1-3-12-5-7-13(8-6-12)17(24)22-19(27)23-20-21-15-10-9-14(11-16(15)28-20)18(25)26-4-2/h5-11H,3-4H2,1-2H3,(H2,21,22,23,24,27). The number of rotatable bonds is 5. The molecule has 1 amide bonds. The SMILES string of the molecule is CCOC(=O)c1ccc2nc(NC(=S)NC(=O)c3ccc(CC)cc3)sc2c1. The Kier molecular flexibility index (Phi) is 6.33. The second-order valence-electron chi connectivity index (χ2n) is 5.88. The number of aryl methyl sites for hydroxylation is 1. The molecule has 6 nitrogen and oxygen atoms in total. The maximum Gasteiger partial charge on any atom is 0.338 e. The minimum atomic E-state index is -0.371. The highest BCUT2D eigenvalue weighted by molar-refractivity contribution is 7.80. The molecule has 0 saturated carbocycles. The molecule has 0 aliphatic rings. The molecule has 2 aromatic carbocycles. The van der Waals surface area contributed by atoms with Crippen molar-refractivity contribution in [2.24, 2.45) is 0 Å². The number of carbonyl (C=O) groups excluding carboxylic acids is 2. The molecule has 144 valence electrons. The van der Waals surface area contributed by atoms with Crippen LogP contribution in [0.15, 0.2) is 42.5 Å². The van der Waals surface area contributed by atoms with E-state index in [1.807, 2.05) is 12.1 Å². The van der Waals surface area contributed by atoms with Gasteiger partial charge in [0.2, 0.25) is 0 Å². The molecule has 0 fully saturated rings. The minimum absolute atomic E-state index is 0.161. The van der Waals surface area contributed by atoms with Crippen LogP contribution >= 0.6 is 23.6 Å². The summed E-state index contributed by atoms with van der Waals surface area (Å²) >= 11 is 6.55. The summed E-state index contributed by atoms with van der Waals surface area (Å²) in [6, 6.07) is 12.5. The first-order valence-corrected chi connectivity index (χ1v) is 10.0. The number of ether oxygens (including phenoxy) is 1. The highest BCUT2D eigenvalue weighted by atomic mass is 32.1. The number of amides is 1. The van der Waals surface area contributed by atoms with Gasteiger partial charge in [-0.1, -0.05) is 30.4 Å². The van der Waals surface area contributed by atoms with Crippen LogP contribution in [0.25, 0.3) is 10.2 Å². The molecule has 0 saturated heterocycles. The van der Waals surface area contributed by atoms with Crippen LogP contribution in [-0.4, -0.2) is 28.6 Å². The van der Waals surface area contributed by atoms with E-state index in [4.69, 9.17) is 17.0 Å². The topological polar surface area (TPSA) is 80.3 Å². The van der Waals surface area contributed by atoms with E-state index in [-0.39, 0.29) is 17.0 Å². The smallest absolute Gasteiger partial charge is 0.338 e. The van der Waals surface area contributed by atoms with Crippen molar-refractivity contribution in [3.05, 3.63) is 59.2 Å². The van der Waals surface area contributed by atoms with E-state index in [1.165, 1.54) is 11.3 Å². The molecule has 0 bridgehead atoms. The van der Waals surface area contributed by atoms with Gasteiger partial charge in [0.1, 0.15) is 0 Å². The molecule has 28 heavy (non-hydrogen) atoms. The first-order chi connectivity index (χ1) is 13.5. The number of anilines is 1. The fraction of sp³-hybridized carbons (Fsp3) is 0.200. The molecule has 0 radical (unpaired) electrons. The maximum absolute atomic E-state index is 12.3. The lowest BCUT2D eigenvalue weighted by Crippen LogP contribution is -2.34. The second-order valence-corrected chi connectivity index (χ2v) is 7.32. The predicted octanol–water partition coefficient (Wildman–Crippen LogP) is 4.16. The number of carbonyl (C=O) groups is 2. The summed E-state index contributed by atoms with van der Waals surface area (Å²) in [5.41, 5.74) is 2.89. The monoisotopic (exact) mass is 413 g/mol. The van der Waals surface area contributed by atoms with Gasteiger partial charge < -0.3 is 10.1 Å². The largest absolute Gasteiger partial charge is 0.462 e. The van der Waals surface area contributed by atoms with E-state index in [0.29, 0.717) is 22.9 Å². The summed E-state index contributed by atoms with van der Waals surface area (Å²) in [5, 5.41) is 6.26. The number of benzene rings is 2. The summed E-state index contributed by atoms with van der Waals surface area (Å²) in [7, 11) is 0. The van der Waals surface area contributed by atoms with E-state index in [1.54, 1.807) is 37.3 Å². The van der Waals surface area contributed by atoms with Crippen LogP contribution < -0.4 is 10.6 Å². The molecule has 1 aromatic heterocycles. The van der Waals surface area contributed by atoms with Gasteiger partial charge in [0, 0.05) is 5.56 Å². The van der Waals surface area contributed by atoms with Crippen LogP contribution in [0.1, 0.15) is 40.1 Å². The highest BCUT2D eigenvalue weighted by Crippen LogP contribution is 2.27. The van der Waals surface area contributed by atoms with Crippen LogP contribution in [0.2, 0.25) is 0 Å². The van der Waals surface area contributed by atoms with Crippen molar-refractivity contribution in [3.8, 4) is 0 Å². The number of thiocarbonyl (C=S) groups is 1. The fourth-order valence-electron chi connectivity index (χ4n) is 2.51. The lowest BCUT2D eigenvalue weighted by atomic mass is 10.1. The fourth-order valence-corrected chi connectivity index (χ4v) is 3.68. The average molecular weight is 414 g/mol. The van der Waals surface area contributed by atoms with Crippen LogP contribution in [0, 0.1) is 0 Å². The Hall–Kier alpha value is -2.84. The third-order valence-electron chi connectivity index (χ3n) is 3.97. The molecule has 1 heterocycles. The van der Waals surface area contributed by atoms with Gasteiger partial charge in [0.15, 0.2) is 10.2 Å². The number of hydrogen-bond acceptors (Lipinski definition) is 6. The summed E-state index contributed by atoms with van der Waals surface area (Å²) in [4.78, 5) is 28.6. The summed E-state index contributed by atoms with van der Waals surface area (Å²) in [6.07, 6.45) is 0.914. The van der Waals surface area contributed by atoms with Crippen LogP contribution in [-0.2, 0) is 11.2 Å². The Balaban J connectivity index is 1.66. The van der Waals surface area contributed by atoms with Crippen molar-refractivity contribution in [3.63, 3.8) is 0 Å². The van der Waals surface area contributed by atoms with E-state index in [2.05, 4.69) is 22.5 Å². The average Bonchev–Trinajstić information content (AvgIpc) is 3.09. The lowest BCUT2D eigenvalue weighted by Gasteiger charge is -2.07. The molecule has 0 aliphatic heterocycles. The zero-order chi connectivity index (χ0) is 20.1.